The Morgan fingerprint density at radius 2 is 2.09 bits per heavy atom. The van der Waals surface area contributed by atoms with Crippen molar-refractivity contribution in [2.24, 2.45) is 0 Å². The Kier molecular flexibility index (Phi) is 1.76. The highest BCUT2D eigenvalue weighted by Gasteiger charge is 2.31. The molecule has 0 aromatic rings. The predicted octanol–water partition coefficient (Wildman–Crippen LogP) is 2.19. The summed E-state index contributed by atoms with van der Waals surface area (Å²) in [4.78, 5) is 2.58. The van der Waals surface area contributed by atoms with Gasteiger partial charge in [0.25, 0.3) is 0 Å². The van der Waals surface area contributed by atoms with Gasteiger partial charge in [-0.2, -0.15) is 0 Å². The van der Waals surface area contributed by atoms with Crippen LogP contribution in [0.25, 0.3) is 0 Å². The van der Waals surface area contributed by atoms with E-state index in [0.717, 1.165) is 12.1 Å². The minimum atomic E-state index is 0.859. The van der Waals surface area contributed by atoms with Crippen LogP contribution >= 0.6 is 0 Å². The molecule has 0 aliphatic carbocycles. The maximum atomic E-state index is 2.58. The third-order valence-electron chi connectivity index (χ3n) is 3.28. The zero-order valence-corrected chi connectivity index (χ0v) is 7.51. The van der Waals surface area contributed by atoms with Crippen LogP contribution in [0.2, 0.25) is 0 Å². The maximum absolute atomic E-state index is 2.58. The van der Waals surface area contributed by atoms with Crippen molar-refractivity contribution in [2.45, 2.75) is 44.7 Å². The van der Waals surface area contributed by atoms with E-state index in [2.05, 4.69) is 24.9 Å². The summed E-state index contributed by atoms with van der Waals surface area (Å²) in [5, 5.41) is 0. The number of rotatable bonds is 0. The Labute approximate surface area is 69.1 Å². The Morgan fingerprint density at radius 3 is 2.91 bits per heavy atom. The van der Waals surface area contributed by atoms with Crippen LogP contribution in [0.5, 0.6) is 0 Å². The molecule has 0 aromatic carbocycles. The SMILES string of the molecule is CC1=CC[C@H]2CC[C@@H](C1)N2C. The van der Waals surface area contributed by atoms with Crippen LogP contribution in [0.4, 0.5) is 0 Å². The minimum Gasteiger partial charge on any atom is -0.300 e. The highest BCUT2D eigenvalue weighted by atomic mass is 15.2. The monoisotopic (exact) mass is 151 g/mol. The van der Waals surface area contributed by atoms with E-state index in [9.17, 15) is 0 Å². The predicted molar refractivity (Wildman–Crippen MR) is 47.6 cm³/mol. The fraction of sp³-hybridized carbons (Fsp3) is 0.800. The Balaban J connectivity index is 2.17. The molecular weight excluding hydrogens is 134 g/mol. The molecule has 1 saturated heterocycles. The van der Waals surface area contributed by atoms with Crippen molar-refractivity contribution in [3.8, 4) is 0 Å². The first-order chi connectivity index (χ1) is 5.27. The lowest BCUT2D eigenvalue weighted by Gasteiger charge is -2.22. The van der Waals surface area contributed by atoms with Crippen molar-refractivity contribution in [1.29, 1.82) is 0 Å². The lowest BCUT2D eigenvalue weighted by atomic mass is 10.0. The zero-order chi connectivity index (χ0) is 7.84. The maximum Gasteiger partial charge on any atom is 0.0133 e. The molecule has 0 aromatic heterocycles. The first-order valence-electron chi connectivity index (χ1n) is 4.65. The summed E-state index contributed by atoms with van der Waals surface area (Å²) >= 11 is 0. The van der Waals surface area contributed by atoms with Crippen molar-refractivity contribution in [2.75, 3.05) is 7.05 Å². The van der Waals surface area contributed by atoms with Gasteiger partial charge in [0.05, 0.1) is 0 Å². The van der Waals surface area contributed by atoms with Crippen molar-refractivity contribution in [3.63, 3.8) is 0 Å². The molecule has 2 atom stereocenters. The fourth-order valence-electron chi connectivity index (χ4n) is 2.41. The lowest BCUT2D eigenvalue weighted by Crippen LogP contribution is -2.30. The number of hydrogen-bond donors (Lipinski definition) is 0. The molecule has 2 heterocycles. The average Bonchev–Trinajstić information content (AvgIpc) is 2.20. The molecule has 2 aliphatic heterocycles. The van der Waals surface area contributed by atoms with Gasteiger partial charge in [-0.15, -0.1) is 0 Å². The molecule has 0 N–H and O–H groups in total. The summed E-state index contributed by atoms with van der Waals surface area (Å²) in [7, 11) is 2.29. The molecule has 2 bridgehead atoms. The quantitative estimate of drug-likeness (QED) is 0.480. The molecule has 0 spiro atoms. The zero-order valence-electron chi connectivity index (χ0n) is 7.51. The van der Waals surface area contributed by atoms with Crippen molar-refractivity contribution in [3.05, 3.63) is 11.6 Å². The molecule has 62 valence electrons. The van der Waals surface area contributed by atoms with E-state index < -0.39 is 0 Å². The van der Waals surface area contributed by atoms with Gasteiger partial charge in [-0.1, -0.05) is 11.6 Å². The lowest BCUT2D eigenvalue weighted by molar-refractivity contribution is 0.247. The topological polar surface area (TPSA) is 3.24 Å². The van der Waals surface area contributed by atoms with Gasteiger partial charge in [-0.3, -0.25) is 4.90 Å². The summed E-state index contributed by atoms with van der Waals surface area (Å²) < 4.78 is 0. The molecule has 1 fully saturated rings. The van der Waals surface area contributed by atoms with E-state index in [-0.39, 0.29) is 0 Å². The molecule has 2 rings (SSSR count). The second-order valence-corrected chi connectivity index (χ2v) is 4.04. The van der Waals surface area contributed by atoms with E-state index in [1.165, 1.54) is 25.7 Å². The Hall–Kier alpha value is -0.300. The first kappa shape index (κ1) is 7.35. The average molecular weight is 151 g/mol. The van der Waals surface area contributed by atoms with Crippen LogP contribution in [0, 0.1) is 0 Å². The van der Waals surface area contributed by atoms with Crippen LogP contribution in [0.1, 0.15) is 32.6 Å². The van der Waals surface area contributed by atoms with Crippen LogP contribution in [0.15, 0.2) is 11.6 Å². The second-order valence-electron chi connectivity index (χ2n) is 4.04. The van der Waals surface area contributed by atoms with E-state index in [0.29, 0.717) is 0 Å². The third kappa shape index (κ3) is 1.22. The molecule has 0 saturated carbocycles. The largest absolute Gasteiger partial charge is 0.300 e. The standard InChI is InChI=1S/C10H17N/c1-8-3-4-9-5-6-10(7-8)11(9)2/h3,9-10H,4-7H2,1-2H3/t9-,10-/m0/s1. The number of hydrogen-bond acceptors (Lipinski definition) is 1. The van der Waals surface area contributed by atoms with Crippen LogP contribution < -0.4 is 0 Å². The van der Waals surface area contributed by atoms with Crippen molar-refractivity contribution < 1.29 is 0 Å². The van der Waals surface area contributed by atoms with Crippen LogP contribution in [-0.2, 0) is 0 Å². The van der Waals surface area contributed by atoms with Gasteiger partial charge in [-0.05, 0) is 39.7 Å². The normalized spacial score (nSPS) is 38.5. The molecule has 2 aliphatic rings. The summed E-state index contributed by atoms with van der Waals surface area (Å²) in [6.07, 6.45) is 7.88. The summed E-state index contributed by atoms with van der Waals surface area (Å²) in [5.41, 5.74) is 1.60. The molecule has 0 amide bonds. The van der Waals surface area contributed by atoms with E-state index >= 15 is 0 Å². The van der Waals surface area contributed by atoms with Gasteiger partial charge in [-0.25, -0.2) is 0 Å². The highest BCUT2D eigenvalue weighted by molar-refractivity contribution is 5.08. The third-order valence-corrected chi connectivity index (χ3v) is 3.28. The van der Waals surface area contributed by atoms with Gasteiger partial charge in [0.1, 0.15) is 0 Å². The van der Waals surface area contributed by atoms with E-state index in [1.807, 2.05) is 0 Å². The molecular formula is C10H17N. The second kappa shape index (κ2) is 2.63. The molecule has 0 radical (unpaired) electrons. The van der Waals surface area contributed by atoms with Gasteiger partial charge in [0.2, 0.25) is 0 Å². The smallest absolute Gasteiger partial charge is 0.0133 e. The molecule has 1 nitrogen and oxygen atoms in total. The summed E-state index contributed by atoms with van der Waals surface area (Å²) in [6.45, 7) is 2.27. The van der Waals surface area contributed by atoms with Gasteiger partial charge in [0, 0.05) is 12.1 Å². The van der Waals surface area contributed by atoms with Crippen LogP contribution in [0.3, 0.4) is 0 Å². The van der Waals surface area contributed by atoms with Gasteiger partial charge >= 0.3 is 0 Å². The minimum absolute atomic E-state index is 0.859. The Morgan fingerprint density at radius 1 is 1.36 bits per heavy atom. The van der Waals surface area contributed by atoms with E-state index in [1.54, 1.807) is 5.57 Å². The molecule has 1 heteroatoms. The fourth-order valence-corrected chi connectivity index (χ4v) is 2.41. The van der Waals surface area contributed by atoms with Gasteiger partial charge < -0.3 is 0 Å². The molecule has 0 unspecified atom stereocenters. The first-order valence-corrected chi connectivity index (χ1v) is 4.65. The van der Waals surface area contributed by atoms with Crippen molar-refractivity contribution in [1.82, 2.24) is 4.90 Å². The number of nitrogens with zero attached hydrogens (tertiary/aromatic N) is 1. The van der Waals surface area contributed by atoms with Crippen LogP contribution in [-0.4, -0.2) is 24.0 Å². The Bertz CT molecular complexity index is 183. The van der Waals surface area contributed by atoms with E-state index in [4.69, 9.17) is 0 Å². The van der Waals surface area contributed by atoms with Crippen molar-refractivity contribution >= 4 is 0 Å². The summed E-state index contributed by atoms with van der Waals surface area (Å²) in [5.74, 6) is 0. The number of fused-ring (bicyclic) bond motifs is 2. The highest BCUT2D eigenvalue weighted by Crippen LogP contribution is 2.31. The molecule has 11 heavy (non-hydrogen) atoms. The van der Waals surface area contributed by atoms with Gasteiger partial charge in [0.15, 0.2) is 0 Å². The summed E-state index contributed by atoms with van der Waals surface area (Å²) in [6, 6.07) is 1.72.